The number of aromatic nitrogens is 1. The van der Waals surface area contributed by atoms with Gasteiger partial charge in [0.15, 0.2) is 11.4 Å². The van der Waals surface area contributed by atoms with E-state index >= 15 is 0 Å². The Bertz CT molecular complexity index is 1460. The normalized spacial score (nSPS) is 19.4. The Kier molecular flexibility index (Phi) is 5.08. The number of amides is 1. The van der Waals surface area contributed by atoms with E-state index in [4.69, 9.17) is 25.0 Å². The first-order valence-electron chi connectivity index (χ1n) is 10.5. The molecule has 1 fully saturated rings. The number of benzene rings is 1. The summed E-state index contributed by atoms with van der Waals surface area (Å²) in [6, 6.07) is 11.2. The van der Waals surface area contributed by atoms with Crippen molar-refractivity contribution < 1.29 is 23.3 Å². The van der Waals surface area contributed by atoms with Gasteiger partial charge in [0.05, 0.1) is 25.9 Å². The van der Waals surface area contributed by atoms with Crippen molar-refractivity contribution in [3.8, 4) is 17.6 Å². The molecule has 0 bridgehead atoms. The third-order valence-electron chi connectivity index (χ3n) is 5.90. The maximum atomic E-state index is 12.4. The number of hydrogen-bond donors (Lipinski definition) is 2. The van der Waals surface area contributed by atoms with Crippen molar-refractivity contribution in [2.75, 3.05) is 5.32 Å². The molecule has 1 saturated carbocycles. The summed E-state index contributed by atoms with van der Waals surface area (Å²) in [5.41, 5.74) is 1.07. The van der Waals surface area contributed by atoms with Gasteiger partial charge in [-0.3, -0.25) is 5.32 Å². The minimum atomic E-state index is -0.697. The highest BCUT2D eigenvalue weighted by Gasteiger charge is 2.60. The number of carbonyl (C=O) groups is 1. The number of rotatable bonds is 3. The van der Waals surface area contributed by atoms with Crippen molar-refractivity contribution in [2.24, 2.45) is 5.41 Å². The number of ether oxygens (including phenoxy) is 1. The summed E-state index contributed by atoms with van der Waals surface area (Å²) in [5.74, 6) is 6.63. The van der Waals surface area contributed by atoms with Crippen molar-refractivity contribution in [2.45, 2.75) is 25.9 Å². The summed E-state index contributed by atoms with van der Waals surface area (Å²) >= 11 is 7.57. The molecule has 2 N–H and O–H groups in total. The summed E-state index contributed by atoms with van der Waals surface area (Å²) in [6.45, 7) is 1.77. The average molecular weight is 513 g/mol. The minimum absolute atomic E-state index is 0.0920. The summed E-state index contributed by atoms with van der Waals surface area (Å²) in [5, 5.41) is 17.1. The Hall–Kier alpha value is -3.03. The lowest BCUT2D eigenvalue weighted by molar-refractivity contribution is 0.121. The van der Waals surface area contributed by atoms with Gasteiger partial charge in [0.2, 0.25) is 0 Å². The van der Waals surface area contributed by atoms with Gasteiger partial charge < -0.3 is 18.5 Å². The van der Waals surface area contributed by atoms with Gasteiger partial charge >= 0.3 is 6.09 Å². The summed E-state index contributed by atoms with van der Waals surface area (Å²) in [4.78, 5) is 15.3. The van der Waals surface area contributed by atoms with Crippen LogP contribution in [-0.2, 0) is 4.74 Å². The van der Waals surface area contributed by atoms with E-state index in [-0.39, 0.29) is 22.0 Å². The molecule has 3 aromatic rings. The molecule has 172 valence electrons. The second-order valence-electron chi connectivity index (χ2n) is 8.10. The van der Waals surface area contributed by atoms with E-state index in [9.17, 15) is 9.90 Å². The molecular weight excluding hydrogens is 496 g/mol. The number of aliphatic hydroxyl groups is 1. The standard InChI is InChI=1S/C24H17ClN2O5S2/c1-13(14-5-3-2-4-6-14)30-23(29)26-20-16(27-31-21(20)25)8-7-15-11-17-18(33-15)12-19-24(9-10-24)22(28)34(19)32-17/h2-6,11-13,28H,9-10H2,1H3,(H,26,29). The Morgan fingerprint density at radius 2 is 2.15 bits per heavy atom. The third kappa shape index (κ3) is 3.54. The molecule has 1 spiro atoms. The molecule has 10 heteroatoms. The lowest BCUT2D eigenvalue weighted by Crippen LogP contribution is -2.30. The molecule has 1 aromatic carbocycles. The van der Waals surface area contributed by atoms with Crippen LogP contribution in [0.15, 0.2) is 45.8 Å². The molecule has 0 saturated heterocycles. The Labute approximate surface area is 206 Å². The lowest BCUT2D eigenvalue weighted by Gasteiger charge is -2.35. The molecule has 2 aliphatic heterocycles. The van der Waals surface area contributed by atoms with E-state index < -0.39 is 23.0 Å². The minimum Gasteiger partial charge on any atom is -0.441 e. The van der Waals surface area contributed by atoms with Gasteiger partial charge in [-0.05, 0) is 54.8 Å². The van der Waals surface area contributed by atoms with Crippen LogP contribution in [0.5, 0.6) is 5.75 Å². The Morgan fingerprint density at radius 1 is 1.35 bits per heavy atom. The van der Waals surface area contributed by atoms with Crippen LogP contribution >= 0.6 is 33.7 Å². The fraction of sp³-hybridized carbons (Fsp3) is 0.208. The van der Waals surface area contributed by atoms with Crippen molar-refractivity contribution in [3.63, 3.8) is 0 Å². The second kappa shape index (κ2) is 8.03. The predicted octanol–water partition coefficient (Wildman–Crippen LogP) is 6.50. The molecule has 3 aliphatic rings. The zero-order valence-corrected chi connectivity index (χ0v) is 20.1. The van der Waals surface area contributed by atoms with Crippen molar-refractivity contribution in [1.82, 2.24) is 5.16 Å². The van der Waals surface area contributed by atoms with E-state index in [1.165, 1.54) is 16.2 Å². The highest BCUT2D eigenvalue weighted by Crippen LogP contribution is 2.69. The molecule has 4 heterocycles. The molecule has 0 radical (unpaired) electrons. The van der Waals surface area contributed by atoms with E-state index in [2.05, 4.69) is 28.4 Å². The number of aliphatic hydroxyl groups excluding tert-OH is 1. The zero-order chi connectivity index (χ0) is 23.4. The highest BCUT2D eigenvalue weighted by molar-refractivity contribution is 8.17. The van der Waals surface area contributed by atoms with Gasteiger partial charge in [-0.25, -0.2) is 4.79 Å². The van der Waals surface area contributed by atoms with Gasteiger partial charge in [0.25, 0.3) is 5.22 Å². The van der Waals surface area contributed by atoms with Crippen LogP contribution in [0.1, 0.15) is 46.9 Å². The molecule has 1 aliphatic carbocycles. The first-order valence-corrected chi connectivity index (χ1v) is 12.8. The van der Waals surface area contributed by atoms with Crippen LogP contribution in [0.3, 0.4) is 0 Å². The van der Waals surface area contributed by atoms with Crippen LogP contribution in [0.25, 0.3) is 6.08 Å². The SMILES string of the molecule is CC(OC(=O)Nc1c(C#Cc2cc3c(s2)C=C2S(=C(O)C24CC4)O3)noc1Cl)c1ccccc1. The van der Waals surface area contributed by atoms with E-state index in [1.54, 1.807) is 6.92 Å². The number of carbonyl (C=O) groups excluding carboxylic acids is 1. The Balaban J connectivity index is 1.18. The van der Waals surface area contributed by atoms with E-state index in [0.29, 0.717) is 10.8 Å². The summed E-state index contributed by atoms with van der Waals surface area (Å²) in [6.07, 6.45) is 2.94. The smallest absolute Gasteiger partial charge is 0.412 e. The summed E-state index contributed by atoms with van der Waals surface area (Å²) in [7, 11) is -0.635. The van der Waals surface area contributed by atoms with Gasteiger partial charge in [-0.15, -0.1) is 11.3 Å². The molecule has 2 unspecified atom stereocenters. The number of halogens is 1. The maximum Gasteiger partial charge on any atom is 0.412 e. The fourth-order valence-corrected chi connectivity index (χ4v) is 7.15. The molecule has 1 amide bonds. The number of nitrogens with one attached hydrogen (secondary N) is 1. The number of anilines is 1. The van der Waals surface area contributed by atoms with Crippen molar-refractivity contribution in [1.29, 1.82) is 0 Å². The molecule has 34 heavy (non-hydrogen) atoms. The zero-order valence-electron chi connectivity index (χ0n) is 17.8. The third-order valence-corrected chi connectivity index (χ3v) is 9.13. The quantitative estimate of drug-likeness (QED) is 0.307. The van der Waals surface area contributed by atoms with Gasteiger partial charge in [-0.1, -0.05) is 35.5 Å². The largest absolute Gasteiger partial charge is 0.441 e. The van der Waals surface area contributed by atoms with Crippen molar-refractivity contribution >= 4 is 56.6 Å². The monoisotopic (exact) mass is 512 g/mol. The first-order chi connectivity index (χ1) is 16.4. The number of nitrogens with zero attached hydrogens (tertiary/aromatic N) is 1. The molecule has 7 nitrogen and oxygen atoms in total. The van der Waals surface area contributed by atoms with Gasteiger partial charge in [0.1, 0.15) is 16.8 Å². The van der Waals surface area contributed by atoms with Crippen LogP contribution in [-0.4, -0.2) is 21.4 Å². The number of hydrogen-bond acceptors (Lipinski definition) is 6. The van der Waals surface area contributed by atoms with E-state index in [0.717, 1.165) is 28.2 Å². The summed E-state index contributed by atoms with van der Waals surface area (Å²) < 4.78 is 16.4. The van der Waals surface area contributed by atoms with Crippen LogP contribution in [0, 0.1) is 17.3 Å². The average Bonchev–Trinajstić information content (AvgIpc) is 3.49. The second-order valence-corrected chi connectivity index (χ2v) is 11.1. The van der Waals surface area contributed by atoms with Gasteiger partial charge in [0, 0.05) is 11.0 Å². The number of fused-ring (bicyclic) bond motifs is 3. The van der Waals surface area contributed by atoms with E-state index in [1.807, 2.05) is 36.4 Å². The fourth-order valence-electron chi connectivity index (χ4n) is 3.87. The van der Waals surface area contributed by atoms with Crippen LogP contribution in [0.4, 0.5) is 10.5 Å². The van der Waals surface area contributed by atoms with Crippen LogP contribution in [0.2, 0.25) is 5.22 Å². The highest BCUT2D eigenvalue weighted by atomic mass is 35.5. The molecule has 6 rings (SSSR count). The first kappa shape index (κ1) is 21.5. The number of thiophene rings is 1. The predicted molar refractivity (Wildman–Crippen MR) is 132 cm³/mol. The van der Waals surface area contributed by atoms with Crippen LogP contribution < -0.4 is 9.50 Å². The molecule has 2 atom stereocenters. The maximum absolute atomic E-state index is 12.4. The van der Waals surface area contributed by atoms with Gasteiger partial charge in [-0.2, -0.15) is 0 Å². The van der Waals surface area contributed by atoms with Crippen molar-refractivity contribution in [3.05, 3.63) is 67.5 Å². The topological polar surface area (TPSA) is 93.8 Å². The lowest BCUT2D eigenvalue weighted by atomic mass is 10.1. The molecule has 2 aromatic heterocycles. The Morgan fingerprint density at radius 3 is 2.91 bits per heavy atom. The molecular formula is C24H17ClN2O5S2.